The lowest BCUT2D eigenvalue weighted by atomic mass is 10.1. The van der Waals surface area contributed by atoms with E-state index in [9.17, 15) is 18.3 Å². The van der Waals surface area contributed by atoms with Crippen LogP contribution in [0.25, 0.3) is 0 Å². The Bertz CT molecular complexity index is 661. The molecule has 0 saturated heterocycles. The van der Waals surface area contributed by atoms with E-state index in [0.717, 1.165) is 12.1 Å². The summed E-state index contributed by atoms with van der Waals surface area (Å²) in [5.41, 5.74) is 0.160. The molecule has 0 amide bonds. The molecule has 7 heteroatoms. The number of hydrogen-bond donors (Lipinski definition) is 2. The first-order chi connectivity index (χ1) is 9.79. The zero-order valence-corrected chi connectivity index (χ0v) is 12.9. The fraction of sp³-hybridized carbons (Fsp3) is 0.143. The highest BCUT2D eigenvalue weighted by Crippen LogP contribution is 2.34. The van der Waals surface area contributed by atoms with E-state index in [2.05, 4.69) is 21.2 Å². The zero-order chi connectivity index (χ0) is 15.6. The van der Waals surface area contributed by atoms with Crippen molar-refractivity contribution in [3.8, 4) is 5.75 Å². The van der Waals surface area contributed by atoms with Gasteiger partial charge in [0.05, 0.1) is 20.7 Å². The van der Waals surface area contributed by atoms with Gasteiger partial charge < -0.3 is 10.4 Å². The standard InChI is InChI=1S/C14H10BrClF3NO/c15-10-3-1-2-8(13(10)21)7-20-12-5-4-9(6-11(12)16)14(17,18)19/h1-6,20-21H,7H2. The summed E-state index contributed by atoms with van der Waals surface area (Å²) in [6.45, 7) is 0.232. The summed E-state index contributed by atoms with van der Waals surface area (Å²) in [4.78, 5) is 0. The third-order valence-corrected chi connectivity index (χ3v) is 3.79. The molecule has 2 aromatic carbocycles. The SMILES string of the molecule is Oc1c(Br)cccc1CNc1ccc(C(F)(F)F)cc1Cl. The predicted octanol–water partition coefficient (Wildman–Crippen LogP) is 5.44. The highest BCUT2D eigenvalue weighted by Gasteiger charge is 2.30. The van der Waals surface area contributed by atoms with Gasteiger partial charge in [0.15, 0.2) is 0 Å². The summed E-state index contributed by atoms with van der Waals surface area (Å²) < 4.78 is 38.1. The van der Waals surface area contributed by atoms with E-state index in [4.69, 9.17) is 11.6 Å². The maximum atomic E-state index is 12.5. The normalized spacial score (nSPS) is 11.5. The van der Waals surface area contributed by atoms with Gasteiger partial charge in [0, 0.05) is 12.1 Å². The number of hydrogen-bond acceptors (Lipinski definition) is 2. The van der Waals surface area contributed by atoms with E-state index >= 15 is 0 Å². The highest BCUT2D eigenvalue weighted by atomic mass is 79.9. The Hall–Kier alpha value is -1.40. The molecule has 0 aliphatic heterocycles. The van der Waals surface area contributed by atoms with Crippen LogP contribution in [0.5, 0.6) is 5.75 Å². The Morgan fingerprint density at radius 3 is 2.52 bits per heavy atom. The van der Waals surface area contributed by atoms with E-state index in [1.54, 1.807) is 18.2 Å². The van der Waals surface area contributed by atoms with E-state index < -0.39 is 11.7 Å². The van der Waals surface area contributed by atoms with Crippen molar-refractivity contribution in [2.75, 3.05) is 5.32 Å². The third kappa shape index (κ3) is 3.83. The van der Waals surface area contributed by atoms with Gasteiger partial charge in [-0.25, -0.2) is 0 Å². The van der Waals surface area contributed by atoms with Crippen LogP contribution >= 0.6 is 27.5 Å². The number of aromatic hydroxyl groups is 1. The topological polar surface area (TPSA) is 32.3 Å². The van der Waals surface area contributed by atoms with Gasteiger partial charge in [-0.05, 0) is 40.2 Å². The zero-order valence-electron chi connectivity index (χ0n) is 10.5. The fourth-order valence-electron chi connectivity index (χ4n) is 1.73. The maximum Gasteiger partial charge on any atom is 0.416 e. The molecule has 0 saturated carbocycles. The van der Waals surface area contributed by atoms with Crippen LogP contribution in [0, 0.1) is 0 Å². The maximum absolute atomic E-state index is 12.5. The molecule has 0 fully saturated rings. The van der Waals surface area contributed by atoms with E-state index in [1.165, 1.54) is 6.07 Å². The Labute approximate surface area is 132 Å². The van der Waals surface area contributed by atoms with E-state index in [1.807, 2.05) is 0 Å². The quantitative estimate of drug-likeness (QED) is 0.743. The van der Waals surface area contributed by atoms with Crippen LogP contribution in [0.3, 0.4) is 0 Å². The van der Waals surface area contributed by atoms with Crippen molar-refractivity contribution >= 4 is 33.2 Å². The Morgan fingerprint density at radius 2 is 1.90 bits per heavy atom. The molecule has 2 nitrogen and oxygen atoms in total. The second-order valence-electron chi connectivity index (χ2n) is 4.29. The number of alkyl halides is 3. The van der Waals surface area contributed by atoms with Crippen LogP contribution in [-0.2, 0) is 12.7 Å². The molecule has 0 aliphatic rings. The number of rotatable bonds is 3. The van der Waals surface area contributed by atoms with Crippen LogP contribution in [0.2, 0.25) is 5.02 Å². The molecule has 112 valence electrons. The third-order valence-electron chi connectivity index (χ3n) is 2.84. The smallest absolute Gasteiger partial charge is 0.416 e. The molecular weight excluding hydrogens is 371 g/mol. The number of phenolic OH excluding ortho intramolecular Hbond substituents is 1. The summed E-state index contributed by atoms with van der Waals surface area (Å²) in [7, 11) is 0. The molecule has 2 rings (SSSR count). The first-order valence-corrected chi connectivity index (χ1v) is 7.03. The minimum Gasteiger partial charge on any atom is -0.506 e. The van der Waals surface area contributed by atoms with Gasteiger partial charge in [-0.15, -0.1) is 0 Å². The first kappa shape index (κ1) is 16.0. The molecule has 0 aliphatic carbocycles. The number of para-hydroxylation sites is 1. The lowest BCUT2D eigenvalue weighted by Crippen LogP contribution is -2.06. The number of halogens is 5. The van der Waals surface area contributed by atoms with Gasteiger partial charge >= 0.3 is 6.18 Å². The van der Waals surface area contributed by atoms with Crippen LogP contribution in [0.15, 0.2) is 40.9 Å². The summed E-state index contributed by atoms with van der Waals surface area (Å²) in [5.74, 6) is 0.0769. The van der Waals surface area contributed by atoms with Crippen molar-refractivity contribution in [2.45, 2.75) is 12.7 Å². The Balaban J connectivity index is 2.16. The number of nitrogens with one attached hydrogen (secondary N) is 1. The average Bonchev–Trinajstić information content (AvgIpc) is 2.40. The van der Waals surface area contributed by atoms with Gasteiger partial charge in [-0.2, -0.15) is 13.2 Å². The first-order valence-electron chi connectivity index (χ1n) is 5.86. The molecule has 0 unspecified atom stereocenters. The average molecular weight is 381 g/mol. The predicted molar refractivity (Wildman–Crippen MR) is 79.6 cm³/mol. The summed E-state index contributed by atoms with van der Waals surface area (Å²) in [5, 5.41) is 12.7. The second kappa shape index (κ2) is 6.15. The fourth-order valence-corrected chi connectivity index (χ4v) is 2.38. The molecule has 0 bridgehead atoms. The van der Waals surface area contributed by atoms with E-state index in [-0.39, 0.29) is 17.3 Å². The van der Waals surface area contributed by atoms with Crippen molar-refractivity contribution in [1.29, 1.82) is 0 Å². The summed E-state index contributed by atoms with van der Waals surface area (Å²) in [6.07, 6.45) is -4.43. The molecule has 2 N–H and O–H groups in total. The molecule has 0 atom stereocenters. The largest absolute Gasteiger partial charge is 0.506 e. The van der Waals surface area contributed by atoms with Gasteiger partial charge in [-0.1, -0.05) is 23.7 Å². The molecule has 2 aromatic rings. The molecule has 0 aromatic heterocycles. The van der Waals surface area contributed by atoms with Gasteiger partial charge in [0.25, 0.3) is 0 Å². The van der Waals surface area contributed by atoms with Gasteiger partial charge in [-0.3, -0.25) is 0 Å². The minimum absolute atomic E-state index is 0.0284. The van der Waals surface area contributed by atoms with Crippen LogP contribution in [-0.4, -0.2) is 5.11 Å². The molecule has 0 heterocycles. The number of benzene rings is 2. The van der Waals surface area contributed by atoms with Crippen molar-refractivity contribution < 1.29 is 18.3 Å². The van der Waals surface area contributed by atoms with Crippen LogP contribution < -0.4 is 5.32 Å². The van der Waals surface area contributed by atoms with Crippen molar-refractivity contribution in [3.05, 3.63) is 57.0 Å². The lowest BCUT2D eigenvalue weighted by molar-refractivity contribution is -0.137. The number of phenols is 1. The molecule has 21 heavy (non-hydrogen) atoms. The second-order valence-corrected chi connectivity index (χ2v) is 5.56. The minimum atomic E-state index is -4.43. The van der Waals surface area contributed by atoms with Gasteiger partial charge in [0.2, 0.25) is 0 Å². The highest BCUT2D eigenvalue weighted by molar-refractivity contribution is 9.10. The van der Waals surface area contributed by atoms with Gasteiger partial charge in [0.1, 0.15) is 5.75 Å². The summed E-state index contributed by atoms with van der Waals surface area (Å²) in [6, 6.07) is 8.21. The summed E-state index contributed by atoms with van der Waals surface area (Å²) >= 11 is 9.03. The monoisotopic (exact) mass is 379 g/mol. The van der Waals surface area contributed by atoms with Crippen molar-refractivity contribution in [2.24, 2.45) is 0 Å². The Kier molecular flexibility index (Phi) is 4.68. The molecular formula is C14H10BrClF3NO. The molecule has 0 radical (unpaired) electrons. The lowest BCUT2D eigenvalue weighted by Gasteiger charge is -2.12. The Morgan fingerprint density at radius 1 is 1.19 bits per heavy atom. The van der Waals surface area contributed by atoms with E-state index in [0.29, 0.717) is 15.7 Å². The van der Waals surface area contributed by atoms with Crippen molar-refractivity contribution in [3.63, 3.8) is 0 Å². The molecule has 0 spiro atoms. The van der Waals surface area contributed by atoms with Crippen LogP contribution in [0.4, 0.5) is 18.9 Å². The number of anilines is 1. The van der Waals surface area contributed by atoms with Crippen molar-refractivity contribution in [1.82, 2.24) is 0 Å². The van der Waals surface area contributed by atoms with Crippen LogP contribution in [0.1, 0.15) is 11.1 Å².